The number of fused-ring (bicyclic) bond motifs is 1. The van der Waals surface area contributed by atoms with Crippen LogP contribution in [0.2, 0.25) is 0 Å². The van der Waals surface area contributed by atoms with Gasteiger partial charge in [-0.25, -0.2) is 0 Å². The zero-order valence-electron chi connectivity index (χ0n) is 22.4. The predicted octanol–water partition coefficient (Wildman–Crippen LogP) is 3.66. The van der Waals surface area contributed by atoms with Crippen LogP contribution in [0.25, 0.3) is 10.9 Å². The highest BCUT2D eigenvalue weighted by molar-refractivity contribution is 5.92. The first-order chi connectivity index (χ1) is 17.4. The largest absolute Gasteiger partial charge is 0.493 e. The summed E-state index contributed by atoms with van der Waals surface area (Å²) in [5.74, 6) is 3.23. The number of hydrogen-bond donors (Lipinski definition) is 2. The summed E-state index contributed by atoms with van der Waals surface area (Å²) in [4.78, 5) is 6.84. The molecule has 3 aromatic rings. The van der Waals surface area contributed by atoms with Gasteiger partial charge < -0.3 is 29.3 Å². The van der Waals surface area contributed by atoms with Crippen molar-refractivity contribution >= 4 is 22.4 Å². The zero-order chi connectivity index (χ0) is 25.7. The summed E-state index contributed by atoms with van der Waals surface area (Å²) in [6.45, 7) is 4.47. The first-order valence-corrected chi connectivity index (χ1v) is 12.5. The molecule has 4 rings (SSSR count). The van der Waals surface area contributed by atoms with E-state index in [1.165, 1.54) is 11.3 Å². The number of aromatic nitrogens is 2. The Morgan fingerprint density at radius 1 is 1.03 bits per heavy atom. The fourth-order valence-electron chi connectivity index (χ4n) is 4.71. The number of anilines is 2. The quantitative estimate of drug-likeness (QED) is 0.417. The number of ether oxygens (including phenoxy) is 3. The van der Waals surface area contributed by atoms with Crippen molar-refractivity contribution in [1.82, 2.24) is 20.0 Å². The highest BCUT2D eigenvalue weighted by Crippen LogP contribution is 2.35. The van der Waals surface area contributed by atoms with Gasteiger partial charge >= 0.3 is 0 Å². The van der Waals surface area contributed by atoms with Crippen LogP contribution in [0.5, 0.6) is 17.2 Å². The van der Waals surface area contributed by atoms with Crippen LogP contribution >= 0.6 is 0 Å². The Balaban J connectivity index is 1.40. The van der Waals surface area contributed by atoms with Crippen LogP contribution in [-0.4, -0.2) is 94.7 Å². The number of likely N-dealkylation sites (tertiary alicyclic amines) is 1. The third-order valence-electron chi connectivity index (χ3n) is 6.76. The summed E-state index contributed by atoms with van der Waals surface area (Å²) in [5.41, 5.74) is 3.40. The summed E-state index contributed by atoms with van der Waals surface area (Å²) < 4.78 is 17.1. The molecule has 0 unspecified atom stereocenters. The lowest BCUT2D eigenvalue weighted by atomic mass is 10.0. The monoisotopic (exact) mass is 496 g/mol. The number of methoxy groups -OCH3 is 2. The van der Waals surface area contributed by atoms with E-state index in [0.717, 1.165) is 61.5 Å². The van der Waals surface area contributed by atoms with Crippen molar-refractivity contribution < 1.29 is 14.2 Å². The first kappa shape index (κ1) is 25.9. The number of benzene rings is 2. The standard InChI is InChI=1S/C27H40N6O3/c1-31(2)14-15-36-24-9-7-8-23(32(3)4)21(24)18-33-12-10-19(11-13-33)28-27-20-16-25(34-5)26(35-6)17-22(20)29-30-27/h7-9,16-17,19H,10-15,18H2,1-6H3,(H2,28,29,30). The second kappa shape index (κ2) is 11.7. The van der Waals surface area contributed by atoms with Gasteiger partial charge in [-0.15, -0.1) is 0 Å². The maximum atomic E-state index is 6.21. The maximum Gasteiger partial charge on any atom is 0.162 e. The van der Waals surface area contributed by atoms with E-state index in [2.05, 4.69) is 76.6 Å². The Morgan fingerprint density at radius 2 is 1.75 bits per heavy atom. The molecule has 1 aromatic heterocycles. The third-order valence-corrected chi connectivity index (χ3v) is 6.76. The van der Waals surface area contributed by atoms with E-state index >= 15 is 0 Å². The molecule has 0 atom stereocenters. The second-order valence-corrected chi connectivity index (χ2v) is 9.82. The second-order valence-electron chi connectivity index (χ2n) is 9.82. The number of nitrogens with one attached hydrogen (secondary N) is 2. The molecule has 0 saturated carbocycles. The fraction of sp³-hybridized carbons (Fsp3) is 0.519. The summed E-state index contributed by atoms with van der Waals surface area (Å²) >= 11 is 0. The van der Waals surface area contributed by atoms with Crippen LogP contribution in [0.15, 0.2) is 30.3 Å². The van der Waals surface area contributed by atoms with Crippen molar-refractivity contribution in [3.8, 4) is 17.2 Å². The Hall–Kier alpha value is -3.17. The van der Waals surface area contributed by atoms with Gasteiger partial charge in [0, 0.05) is 69.0 Å². The SMILES string of the molecule is COc1cc2[nH]nc(NC3CCN(Cc4c(OCCN(C)C)cccc4N(C)C)CC3)c2cc1OC. The molecule has 0 spiro atoms. The van der Waals surface area contributed by atoms with E-state index in [1.807, 2.05) is 12.1 Å². The molecule has 2 aromatic carbocycles. The Bertz CT molecular complexity index is 1140. The van der Waals surface area contributed by atoms with Crippen LogP contribution in [0.1, 0.15) is 18.4 Å². The Morgan fingerprint density at radius 3 is 2.42 bits per heavy atom. The van der Waals surface area contributed by atoms with Crippen LogP contribution in [0.3, 0.4) is 0 Å². The number of hydrogen-bond acceptors (Lipinski definition) is 8. The summed E-state index contributed by atoms with van der Waals surface area (Å²) in [6.07, 6.45) is 2.09. The average Bonchev–Trinajstić information content (AvgIpc) is 3.26. The normalized spacial score (nSPS) is 14.9. The molecule has 2 N–H and O–H groups in total. The first-order valence-electron chi connectivity index (χ1n) is 12.5. The molecule has 2 heterocycles. The van der Waals surface area contributed by atoms with Gasteiger partial charge in [0.15, 0.2) is 17.3 Å². The number of piperidine rings is 1. The molecule has 0 amide bonds. The van der Waals surface area contributed by atoms with Gasteiger partial charge in [0.05, 0.1) is 19.7 Å². The minimum Gasteiger partial charge on any atom is -0.493 e. The van der Waals surface area contributed by atoms with Gasteiger partial charge in [-0.1, -0.05) is 6.07 Å². The van der Waals surface area contributed by atoms with Crippen molar-refractivity contribution in [2.45, 2.75) is 25.4 Å². The molecule has 1 aliphatic rings. The molecule has 0 bridgehead atoms. The Kier molecular flexibility index (Phi) is 8.43. The number of aromatic amines is 1. The van der Waals surface area contributed by atoms with Crippen LogP contribution in [0, 0.1) is 0 Å². The van der Waals surface area contributed by atoms with Crippen molar-refractivity contribution in [2.24, 2.45) is 0 Å². The van der Waals surface area contributed by atoms with Gasteiger partial charge in [0.2, 0.25) is 0 Å². The number of rotatable bonds is 11. The topological polar surface area (TPSA) is 78.1 Å². The molecule has 9 heteroatoms. The van der Waals surface area contributed by atoms with E-state index in [4.69, 9.17) is 14.2 Å². The van der Waals surface area contributed by atoms with E-state index in [9.17, 15) is 0 Å². The molecular formula is C27H40N6O3. The average molecular weight is 497 g/mol. The molecule has 36 heavy (non-hydrogen) atoms. The van der Waals surface area contributed by atoms with Gasteiger partial charge in [0.25, 0.3) is 0 Å². The van der Waals surface area contributed by atoms with E-state index in [1.54, 1.807) is 14.2 Å². The predicted molar refractivity (Wildman–Crippen MR) is 146 cm³/mol. The smallest absolute Gasteiger partial charge is 0.162 e. The molecular weight excluding hydrogens is 456 g/mol. The van der Waals surface area contributed by atoms with Gasteiger partial charge in [-0.2, -0.15) is 5.10 Å². The van der Waals surface area contributed by atoms with Crippen molar-refractivity contribution in [3.05, 3.63) is 35.9 Å². The van der Waals surface area contributed by atoms with Crippen LogP contribution in [0.4, 0.5) is 11.5 Å². The van der Waals surface area contributed by atoms with Crippen molar-refractivity contribution in [1.29, 1.82) is 0 Å². The lowest BCUT2D eigenvalue weighted by Gasteiger charge is -2.33. The van der Waals surface area contributed by atoms with E-state index < -0.39 is 0 Å². The lowest BCUT2D eigenvalue weighted by Crippen LogP contribution is -2.39. The number of H-pyrrole nitrogens is 1. The van der Waals surface area contributed by atoms with Crippen LogP contribution in [-0.2, 0) is 6.54 Å². The molecule has 0 aliphatic carbocycles. The summed E-state index contributed by atoms with van der Waals surface area (Å²) in [5, 5.41) is 12.3. The third kappa shape index (κ3) is 5.96. The van der Waals surface area contributed by atoms with Crippen LogP contribution < -0.4 is 24.4 Å². The highest BCUT2D eigenvalue weighted by atomic mass is 16.5. The lowest BCUT2D eigenvalue weighted by molar-refractivity contribution is 0.205. The zero-order valence-corrected chi connectivity index (χ0v) is 22.4. The van der Waals surface area contributed by atoms with Gasteiger partial charge in [-0.3, -0.25) is 10.00 Å². The fourth-order valence-corrected chi connectivity index (χ4v) is 4.71. The van der Waals surface area contributed by atoms with Gasteiger partial charge in [-0.05, 0) is 45.1 Å². The molecule has 9 nitrogen and oxygen atoms in total. The summed E-state index contributed by atoms with van der Waals surface area (Å²) in [7, 11) is 11.6. The van der Waals surface area contributed by atoms with Crippen molar-refractivity contribution in [3.63, 3.8) is 0 Å². The van der Waals surface area contributed by atoms with E-state index in [0.29, 0.717) is 24.1 Å². The minimum atomic E-state index is 0.362. The molecule has 1 fully saturated rings. The highest BCUT2D eigenvalue weighted by Gasteiger charge is 2.23. The molecule has 196 valence electrons. The van der Waals surface area contributed by atoms with Gasteiger partial charge in [0.1, 0.15) is 12.4 Å². The molecule has 1 aliphatic heterocycles. The van der Waals surface area contributed by atoms with E-state index in [-0.39, 0.29) is 0 Å². The molecule has 0 radical (unpaired) electrons. The number of likely N-dealkylation sites (N-methyl/N-ethyl adjacent to an activating group) is 1. The minimum absolute atomic E-state index is 0.362. The molecule has 1 saturated heterocycles. The number of nitrogens with zero attached hydrogens (tertiary/aromatic N) is 4. The summed E-state index contributed by atoms with van der Waals surface area (Å²) in [6, 6.07) is 10.6. The Labute approximate surface area is 214 Å². The van der Waals surface area contributed by atoms with Crippen molar-refractivity contribution in [2.75, 3.05) is 78.9 Å². The maximum absolute atomic E-state index is 6.21.